The highest BCUT2D eigenvalue weighted by Gasteiger charge is 2.29. The van der Waals surface area contributed by atoms with Crippen LogP contribution in [0.2, 0.25) is 0 Å². The number of aromatic nitrogens is 4. The van der Waals surface area contributed by atoms with Gasteiger partial charge in [-0.25, -0.2) is 9.97 Å². The lowest BCUT2D eigenvalue weighted by Crippen LogP contribution is -2.31. The van der Waals surface area contributed by atoms with Gasteiger partial charge in [0.2, 0.25) is 5.88 Å². The van der Waals surface area contributed by atoms with Gasteiger partial charge in [0, 0.05) is 31.6 Å². The highest BCUT2D eigenvalue weighted by Crippen LogP contribution is 2.17. The number of carbonyl (C=O) groups excluding carboxylic acids is 1. The van der Waals surface area contributed by atoms with Crippen molar-refractivity contribution >= 4 is 5.91 Å². The van der Waals surface area contributed by atoms with Crippen LogP contribution in [0.25, 0.3) is 0 Å². The van der Waals surface area contributed by atoms with Gasteiger partial charge in [-0.2, -0.15) is 0 Å². The molecule has 3 rings (SSSR count). The molecule has 2 aromatic rings. The van der Waals surface area contributed by atoms with Gasteiger partial charge in [-0.3, -0.25) is 14.8 Å². The molecule has 108 valence electrons. The molecule has 7 heteroatoms. The van der Waals surface area contributed by atoms with Gasteiger partial charge in [-0.05, 0) is 6.92 Å². The molecule has 1 amide bonds. The lowest BCUT2D eigenvalue weighted by atomic mass is 10.3. The number of likely N-dealkylation sites (tertiary alicyclic amines) is 1. The maximum atomic E-state index is 12.3. The highest BCUT2D eigenvalue weighted by atomic mass is 16.5. The molecule has 2 aromatic heterocycles. The molecule has 0 saturated carbocycles. The monoisotopic (exact) mass is 285 g/mol. The minimum atomic E-state index is -0.118. The van der Waals surface area contributed by atoms with Crippen LogP contribution in [0.3, 0.4) is 0 Å². The Kier molecular flexibility index (Phi) is 3.72. The van der Waals surface area contributed by atoms with Crippen LogP contribution in [0.5, 0.6) is 5.88 Å². The van der Waals surface area contributed by atoms with Crippen LogP contribution < -0.4 is 4.74 Å². The third kappa shape index (κ3) is 3.13. The van der Waals surface area contributed by atoms with Gasteiger partial charge in [0.15, 0.2) is 0 Å². The van der Waals surface area contributed by atoms with Crippen LogP contribution in [-0.4, -0.2) is 49.9 Å². The van der Waals surface area contributed by atoms with Crippen molar-refractivity contribution in [2.24, 2.45) is 0 Å². The van der Waals surface area contributed by atoms with E-state index in [2.05, 4.69) is 19.9 Å². The summed E-state index contributed by atoms with van der Waals surface area (Å²) in [6.45, 7) is 2.99. The van der Waals surface area contributed by atoms with Gasteiger partial charge >= 0.3 is 0 Å². The minimum absolute atomic E-state index is 0.0657. The molecule has 1 aliphatic heterocycles. The average molecular weight is 285 g/mol. The number of hydrogen-bond acceptors (Lipinski definition) is 6. The number of rotatable bonds is 3. The van der Waals surface area contributed by atoms with E-state index in [0.717, 1.165) is 12.1 Å². The molecule has 0 aliphatic carbocycles. The van der Waals surface area contributed by atoms with Crippen LogP contribution in [0, 0.1) is 6.92 Å². The number of hydrogen-bond donors (Lipinski definition) is 0. The van der Waals surface area contributed by atoms with Crippen LogP contribution >= 0.6 is 0 Å². The Morgan fingerprint density at radius 3 is 2.86 bits per heavy atom. The van der Waals surface area contributed by atoms with E-state index >= 15 is 0 Å². The molecular weight excluding hydrogens is 270 g/mol. The molecule has 1 saturated heterocycles. The summed E-state index contributed by atoms with van der Waals surface area (Å²) in [7, 11) is 0. The number of ether oxygens (including phenoxy) is 1. The molecule has 0 N–H and O–H groups in total. The van der Waals surface area contributed by atoms with Crippen molar-refractivity contribution in [2.45, 2.75) is 19.4 Å². The lowest BCUT2D eigenvalue weighted by molar-refractivity contribution is 0.0765. The Balaban J connectivity index is 1.61. The highest BCUT2D eigenvalue weighted by molar-refractivity contribution is 5.92. The summed E-state index contributed by atoms with van der Waals surface area (Å²) >= 11 is 0. The number of carbonyl (C=O) groups is 1. The molecule has 0 spiro atoms. The van der Waals surface area contributed by atoms with E-state index in [-0.39, 0.29) is 12.0 Å². The normalized spacial score (nSPS) is 17.8. The van der Waals surface area contributed by atoms with Gasteiger partial charge in [0.1, 0.15) is 11.8 Å². The predicted molar refractivity (Wildman–Crippen MR) is 73.7 cm³/mol. The maximum Gasteiger partial charge on any atom is 0.274 e. The molecule has 0 radical (unpaired) electrons. The van der Waals surface area contributed by atoms with Crippen molar-refractivity contribution in [3.05, 3.63) is 42.4 Å². The molecule has 0 unspecified atom stereocenters. The molecular formula is C14H15N5O2. The summed E-state index contributed by atoms with van der Waals surface area (Å²) < 4.78 is 5.71. The molecule has 3 heterocycles. The molecule has 1 aliphatic rings. The van der Waals surface area contributed by atoms with Crippen molar-refractivity contribution in [1.82, 2.24) is 24.8 Å². The fraction of sp³-hybridized carbons (Fsp3) is 0.357. The number of amides is 1. The van der Waals surface area contributed by atoms with Crippen LogP contribution in [0.1, 0.15) is 22.6 Å². The molecule has 1 atom stereocenters. The number of aryl methyl sites for hydroxylation is 1. The summed E-state index contributed by atoms with van der Waals surface area (Å²) in [4.78, 5) is 30.3. The minimum Gasteiger partial charge on any atom is -0.471 e. The molecule has 0 bridgehead atoms. The van der Waals surface area contributed by atoms with E-state index in [0.29, 0.717) is 24.7 Å². The van der Waals surface area contributed by atoms with Crippen molar-refractivity contribution < 1.29 is 9.53 Å². The molecule has 7 nitrogen and oxygen atoms in total. The SMILES string of the molecule is Cc1cnc(C(=O)N2CC[C@H](Oc3cnccn3)C2)cn1. The van der Waals surface area contributed by atoms with Gasteiger partial charge < -0.3 is 9.64 Å². The topological polar surface area (TPSA) is 81.1 Å². The van der Waals surface area contributed by atoms with Crippen molar-refractivity contribution in [1.29, 1.82) is 0 Å². The first-order valence-electron chi connectivity index (χ1n) is 6.73. The Bertz CT molecular complexity index is 617. The quantitative estimate of drug-likeness (QED) is 0.832. The summed E-state index contributed by atoms with van der Waals surface area (Å²) in [6, 6.07) is 0. The Labute approximate surface area is 122 Å². The van der Waals surface area contributed by atoms with Crippen molar-refractivity contribution in [3.8, 4) is 5.88 Å². The second-order valence-electron chi connectivity index (χ2n) is 4.87. The third-order valence-electron chi connectivity index (χ3n) is 3.26. The van der Waals surface area contributed by atoms with E-state index < -0.39 is 0 Å². The van der Waals surface area contributed by atoms with Gasteiger partial charge in [0.25, 0.3) is 5.91 Å². The first-order chi connectivity index (χ1) is 10.2. The standard InChI is InChI=1S/C14H15N5O2/c1-10-6-18-12(7-17-10)14(20)19-5-2-11(9-19)21-13-8-15-3-4-16-13/h3-4,6-8,11H,2,5,9H2,1H3/t11-/m0/s1. The Hall–Kier alpha value is -2.57. The zero-order valence-corrected chi connectivity index (χ0v) is 11.6. The zero-order chi connectivity index (χ0) is 14.7. The summed E-state index contributed by atoms with van der Waals surface area (Å²) in [5.74, 6) is 0.361. The lowest BCUT2D eigenvalue weighted by Gasteiger charge is -2.16. The van der Waals surface area contributed by atoms with E-state index in [9.17, 15) is 4.79 Å². The Morgan fingerprint density at radius 2 is 2.14 bits per heavy atom. The van der Waals surface area contributed by atoms with Gasteiger partial charge in [-0.15, -0.1) is 0 Å². The smallest absolute Gasteiger partial charge is 0.274 e. The van der Waals surface area contributed by atoms with E-state index in [1.54, 1.807) is 29.7 Å². The van der Waals surface area contributed by atoms with Gasteiger partial charge in [-0.1, -0.05) is 0 Å². The first-order valence-corrected chi connectivity index (χ1v) is 6.73. The molecule has 1 fully saturated rings. The summed E-state index contributed by atoms with van der Waals surface area (Å²) in [5, 5.41) is 0. The maximum absolute atomic E-state index is 12.3. The van der Waals surface area contributed by atoms with Crippen LogP contribution in [0.4, 0.5) is 0 Å². The fourth-order valence-corrected chi connectivity index (χ4v) is 2.19. The van der Waals surface area contributed by atoms with E-state index in [1.807, 2.05) is 6.92 Å². The first kappa shape index (κ1) is 13.4. The van der Waals surface area contributed by atoms with E-state index in [1.165, 1.54) is 6.20 Å². The third-order valence-corrected chi connectivity index (χ3v) is 3.26. The van der Waals surface area contributed by atoms with Crippen molar-refractivity contribution in [3.63, 3.8) is 0 Å². The Morgan fingerprint density at radius 1 is 1.24 bits per heavy atom. The molecule has 21 heavy (non-hydrogen) atoms. The summed E-state index contributed by atoms with van der Waals surface area (Å²) in [5.41, 5.74) is 1.15. The predicted octanol–water partition coefficient (Wildman–Crippen LogP) is 0.869. The largest absolute Gasteiger partial charge is 0.471 e. The van der Waals surface area contributed by atoms with Gasteiger partial charge in [0.05, 0.1) is 24.6 Å². The van der Waals surface area contributed by atoms with Crippen molar-refractivity contribution in [2.75, 3.05) is 13.1 Å². The second-order valence-corrected chi connectivity index (χ2v) is 4.87. The van der Waals surface area contributed by atoms with Crippen LogP contribution in [-0.2, 0) is 0 Å². The fourth-order valence-electron chi connectivity index (χ4n) is 2.19. The zero-order valence-electron chi connectivity index (χ0n) is 11.6. The average Bonchev–Trinajstić information content (AvgIpc) is 2.97. The second kappa shape index (κ2) is 5.82. The molecule has 0 aromatic carbocycles. The number of nitrogens with zero attached hydrogens (tertiary/aromatic N) is 5. The van der Waals surface area contributed by atoms with Crippen LogP contribution in [0.15, 0.2) is 31.0 Å². The summed E-state index contributed by atoms with van der Waals surface area (Å²) in [6.07, 6.45) is 8.54. The van der Waals surface area contributed by atoms with E-state index in [4.69, 9.17) is 4.74 Å².